The first-order valence-electron chi connectivity index (χ1n) is 4.85. The van der Waals surface area contributed by atoms with Crippen molar-refractivity contribution in [1.82, 2.24) is 0 Å². The summed E-state index contributed by atoms with van der Waals surface area (Å²) in [5.41, 5.74) is -0.348. The zero-order chi connectivity index (χ0) is 8.77. The predicted octanol–water partition coefficient (Wildman–Crippen LogP) is 1.92. The summed E-state index contributed by atoms with van der Waals surface area (Å²) in [5, 5.41) is 0. The molecule has 0 unspecified atom stereocenters. The van der Waals surface area contributed by atoms with Gasteiger partial charge < -0.3 is 4.74 Å². The molecule has 2 nitrogen and oxygen atoms in total. The molecule has 1 spiro atoms. The maximum Gasteiger partial charge on any atom is 0.164 e. The number of hydrogen-bond acceptors (Lipinski definition) is 2. The minimum Gasteiger partial charge on any atom is -0.364 e. The van der Waals surface area contributed by atoms with E-state index in [0.29, 0.717) is 11.7 Å². The molecule has 1 saturated heterocycles. The zero-order valence-electron chi connectivity index (χ0n) is 7.80. The summed E-state index contributed by atoms with van der Waals surface area (Å²) in [6, 6.07) is 0. The van der Waals surface area contributed by atoms with Gasteiger partial charge in [0.25, 0.3) is 0 Å². The van der Waals surface area contributed by atoms with Crippen molar-refractivity contribution in [3.63, 3.8) is 0 Å². The second-order valence-electron chi connectivity index (χ2n) is 4.28. The Balaban J connectivity index is 2.18. The van der Waals surface area contributed by atoms with Gasteiger partial charge in [0.15, 0.2) is 5.78 Å². The Kier molecular flexibility index (Phi) is 1.76. The molecule has 0 amide bonds. The molecule has 1 aliphatic heterocycles. The van der Waals surface area contributed by atoms with Crippen LogP contribution in [-0.4, -0.2) is 17.5 Å². The molecule has 2 aliphatic rings. The average Bonchev–Trinajstić information content (AvgIpc) is 2.45. The standard InChI is InChI=1S/C10H16O2/c1-7-6-10(12-8(7)2)5-3-4-9(10)11/h7-8H,3-6H2,1-2H3/t7-,8-,10-/m0/s1. The highest BCUT2D eigenvalue weighted by atomic mass is 16.5. The zero-order valence-corrected chi connectivity index (χ0v) is 7.80. The molecule has 2 heteroatoms. The van der Waals surface area contributed by atoms with E-state index in [2.05, 4.69) is 13.8 Å². The van der Waals surface area contributed by atoms with Crippen LogP contribution >= 0.6 is 0 Å². The minimum absolute atomic E-state index is 0.270. The van der Waals surface area contributed by atoms with E-state index in [1.165, 1.54) is 0 Å². The topological polar surface area (TPSA) is 26.3 Å². The summed E-state index contributed by atoms with van der Waals surface area (Å²) in [5.74, 6) is 0.894. The molecule has 68 valence electrons. The van der Waals surface area contributed by atoms with Crippen molar-refractivity contribution >= 4 is 5.78 Å². The molecule has 0 aromatic carbocycles. The van der Waals surface area contributed by atoms with Gasteiger partial charge >= 0.3 is 0 Å². The SMILES string of the molecule is C[C@@H]1O[C@@]2(CCCC2=O)C[C@@H]1C. The fourth-order valence-electron chi connectivity index (χ4n) is 2.45. The lowest BCUT2D eigenvalue weighted by Gasteiger charge is -2.20. The number of ketones is 1. The van der Waals surface area contributed by atoms with Crippen molar-refractivity contribution < 1.29 is 9.53 Å². The van der Waals surface area contributed by atoms with Gasteiger partial charge in [-0.15, -0.1) is 0 Å². The van der Waals surface area contributed by atoms with E-state index in [-0.39, 0.29) is 11.7 Å². The molecule has 2 fully saturated rings. The fraction of sp³-hybridized carbons (Fsp3) is 0.900. The summed E-state index contributed by atoms with van der Waals surface area (Å²) >= 11 is 0. The largest absolute Gasteiger partial charge is 0.364 e. The van der Waals surface area contributed by atoms with Gasteiger partial charge in [-0.2, -0.15) is 0 Å². The van der Waals surface area contributed by atoms with E-state index >= 15 is 0 Å². The van der Waals surface area contributed by atoms with Crippen molar-refractivity contribution in [2.75, 3.05) is 0 Å². The first kappa shape index (κ1) is 8.24. The smallest absolute Gasteiger partial charge is 0.164 e. The molecule has 0 bridgehead atoms. The molecule has 3 atom stereocenters. The van der Waals surface area contributed by atoms with Crippen LogP contribution in [0.3, 0.4) is 0 Å². The molecule has 0 N–H and O–H groups in total. The van der Waals surface area contributed by atoms with Gasteiger partial charge in [0.1, 0.15) is 5.60 Å². The van der Waals surface area contributed by atoms with Crippen LogP contribution in [0.15, 0.2) is 0 Å². The molecule has 12 heavy (non-hydrogen) atoms. The average molecular weight is 168 g/mol. The van der Waals surface area contributed by atoms with Crippen molar-refractivity contribution in [2.45, 2.75) is 51.2 Å². The normalized spacial score (nSPS) is 47.7. The summed E-state index contributed by atoms with van der Waals surface area (Å²) in [4.78, 5) is 11.6. The Labute approximate surface area is 73.3 Å². The second kappa shape index (κ2) is 2.56. The van der Waals surface area contributed by atoms with Crippen LogP contribution in [-0.2, 0) is 9.53 Å². The third-order valence-electron chi connectivity index (χ3n) is 3.36. The Morgan fingerprint density at radius 1 is 1.50 bits per heavy atom. The molecule has 1 aliphatic carbocycles. The quantitative estimate of drug-likeness (QED) is 0.552. The maximum absolute atomic E-state index is 11.6. The summed E-state index contributed by atoms with van der Waals surface area (Å²) in [6.07, 6.45) is 3.94. The Hall–Kier alpha value is -0.370. The molecule has 0 aromatic rings. The number of carbonyl (C=O) groups excluding carboxylic acids is 1. The number of carbonyl (C=O) groups is 1. The third kappa shape index (κ3) is 1.01. The van der Waals surface area contributed by atoms with Gasteiger partial charge in [-0.05, 0) is 32.1 Å². The Morgan fingerprint density at radius 3 is 2.67 bits per heavy atom. The minimum atomic E-state index is -0.348. The Bertz CT molecular complexity index is 200. The van der Waals surface area contributed by atoms with E-state index in [0.717, 1.165) is 25.7 Å². The number of ether oxygens (including phenoxy) is 1. The highest BCUT2D eigenvalue weighted by molar-refractivity contribution is 5.89. The highest BCUT2D eigenvalue weighted by Crippen LogP contribution is 2.43. The maximum atomic E-state index is 11.6. The first-order valence-corrected chi connectivity index (χ1v) is 4.85. The lowest BCUT2D eigenvalue weighted by Crippen LogP contribution is -2.33. The lowest BCUT2D eigenvalue weighted by atomic mass is 9.91. The van der Waals surface area contributed by atoms with E-state index in [9.17, 15) is 4.79 Å². The van der Waals surface area contributed by atoms with Crippen molar-refractivity contribution in [2.24, 2.45) is 5.92 Å². The number of hydrogen-bond donors (Lipinski definition) is 0. The number of rotatable bonds is 0. The van der Waals surface area contributed by atoms with Crippen LogP contribution < -0.4 is 0 Å². The van der Waals surface area contributed by atoms with Crippen LogP contribution in [0, 0.1) is 5.92 Å². The van der Waals surface area contributed by atoms with Crippen LogP contribution in [0.1, 0.15) is 39.5 Å². The van der Waals surface area contributed by atoms with Crippen molar-refractivity contribution in [3.05, 3.63) is 0 Å². The van der Waals surface area contributed by atoms with E-state index in [1.54, 1.807) is 0 Å². The predicted molar refractivity (Wildman–Crippen MR) is 45.9 cm³/mol. The van der Waals surface area contributed by atoms with Crippen LogP contribution in [0.25, 0.3) is 0 Å². The summed E-state index contributed by atoms with van der Waals surface area (Å²) in [6.45, 7) is 4.25. The molecule has 2 rings (SSSR count). The molecule has 1 saturated carbocycles. The van der Waals surface area contributed by atoms with Gasteiger partial charge in [0.2, 0.25) is 0 Å². The summed E-state index contributed by atoms with van der Waals surface area (Å²) < 4.78 is 5.78. The van der Waals surface area contributed by atoms with Crippen molar-refractivity contribution in [1.29, 1.82) is 0 Å². The van der Waals surface area contributed by atoms with Gasteiger partial charge in [0.05, 0.1) is 6.10 Å². The molecule has 1 heterocycles. The molecular weight excluding hydrogens is 152 g/mol. The van der Waals surface area contributed by atoms with Gasteiger partial charge in [-0.25, -0.2) is 0 Å². The molecule has 0 aromatic heterocycles. The van der Waals surface area contributed by atoms with Crippen LogP contribution in [0.5, 0.6) is 0 Å². The lowest BCUT2D eigenvalue weighted by molar-refractivity contribution is -0.138. The van der Waals surface area contributed by atoms with Crippen LogP contribution in [0.4, 0.5) is 0 Å². The van der Waals surface area contributed by atoms with Gasteiger partial charge in [-0.1, -0.05) is 6.92 Å². The summed E-state index contributed by atoms with van der Waals surface area (Å²) in [7, 11) is 0. The van der Waals surface area contributed by atoms with E-state index in [4.69, 9.17) is 4.74 Å². The molecule has 0 radical (unpaired) electrons. The Morgan fingerprint density at radius 2 is 2.25 bits per heavy atom. The highest BCUT2D eigenvalue weighted by Gasteiger charge is 2.50. The first-order chi connectivity index (χ1) is 5.64. The monoisotopic (exact) mass is 168 g/mol. The third-order valence-corrected chi connectivity index (χ3v) is 3.36. The van der Waals surface area contributed by atoms with Gasteiger partial charge in [-0.3, -0.25) is 4.79 Å². The van der Waals surface area contributed by atoms with Crippen LogP contribution in [0.2, 0.25) is 0 Å². The second-order valence-corrected chi connectivity index (χ2v) is 4.28. The van der Waals surface area contributed by atoms with E-state index in [1.807, 2.05) is 0 Å². The molecular formula is C10H16O2. The van der Waals surface area contributed by atoms with Crippen molar-refractivity contribution in [3.8, 4) is 0 Å². The fourth-order valence-corrected chi connectivity index (χ4v) is 2.45. The van der Waals surface area contributed by atoms with E-state index < -0.39 is 0 Å². The number of Topliss-reactive ketones (excluding diaryl/α,β-unsaturated/α-hetero) is 1. The van der Waals surface area contributed by atoms with Gasteiger partial charge in [0, 0.05) is 6.42 Å².